The molecule has 1 rings (SSSR count). The first kappa shape index (κ1) is 20.7. The van der Waals surface area contributed by atoms with Crippen molar-refractivity contribution in [2.45, 2.75) is 34.1 Å². The van der Waals surface area contributed by atoms with Crippen LogP contribution in [0.15, 0.2) is 17.1 Å². The molecule has 0 spiro atoms. The highest BCUT2D eigenvalue weighted by Crippen LogP contribution is 2.05. The first-order chi connectivity index (χ1) is 9.67. The van der Waals surface area contributed by atoms with Gasteiger partial charge in [0, 0.05) is 45.8 Å². The van der Waals surface area contributed by atoms with E-state index in [1.807, 2.05) is 0 Å². The van der Waals surface area contributed by atoms with Crippen molar-refractivity contribution in [3.05, 3.63) is 12.2 Å². The second-order valence-electron chi connectivity index (χ2n) is 5.77. The average molecular weight is 408 g/mol. The molecule has 124 valence electrons. The fourth-order valence-electron chi connectivity index (χ4n) is 2.50. The number of guanidine groups is 1. The van der Waals surface area contributed by atoms with Crippen LogP contribution in [0.1, 0.15) is 34.1 Å². The first-order valence-corrected chi connectivity index (χ1v) is 8.04. The number of rotatable bonds is 6. The number of allylic oxidation sites excluding steroid dienone is 1. The van der Waals surface area contributed by atoms with Crippen molar-refractivity contribution in [3.63, 3.8) is 0 Å². The Balaban J connectivity index is 0.00000400. The second-order valence-corrected chi connectivity index (χ2v) is 5.77. The van der Waals surface area contributed by atoms with E-state index in [-0.39, 0.29) is 24.0 Å². The summed E-state index contributed by atoms with van der Waals surface area (Å²) in [6.07, 6.45) is 5.29. The summed E-state index contributed by atoms with van der Waals surface area (Å²) in [6.45, 7) is 16.3. The van der Waals surface area contributed by atoms with Crippen molar-refractivity contribution in [2.24, 2.45) is 10.9 Å². The van der Waals surface area contributed by atoms with Crippen molar-refractivity contribution in [2.75, 3.05) is 45.8 Å². The van der Waals surface area contributed by atoms with Gasteiger partial charge in [-0.15, -0.1) is 24.0 Å². The van der Waals surface area contributed by atoms with Gasteiger partial charge >= 0.3 is 0 Å². The summed E-state index contributed by atoms with van der Waals surface area (Å²) in [5.74, 6) is 1.84. The summed E-state index contributed by atoms with van der Waals surface area (Å²) < 4.78 is 0. The molecule has 0 aromatic heterocycles. The molecule has 0 unspecified atom stereocenters. The Labute approximate surface area is 148 Å². The maximum atomic E-state index is 4.72. The molecule has 1 saturated heterocycles. The van der Waals surface area contributed by atoms with E-state index in [1.54, 1.807) is 0 Å². The monoisotopic (exact) mass is 408 g/mol. The van der Waals surface area contributed by atoms with E-state index in [9.17, 15) is 0 Å². The van der Waals surface area contributed by atoms with Gasteiger partial charge in [0.15, 0.2) is 5.96 Å². The van der Waals surface area contributed by atoms with Crippen molar-refractivity contribution in [1.29, 1.82) is 0 Å². The molecule has 5 heteroatoms. The fraction of sp³-hybridized carbons (Fsp3) is 0.812. The molecule has 0 saturated carbocycles. The summed E-state index contributed by atoms with van der Waals surface area (Å²) >= 11 is 0. The normalized spacial score (nSPS) is 17.4. The highest BCUT2D eigenvalue weighted by atomic mass is 127. The van der Waals surface area contributed by atoms with Crippen LogP contribution in [0.25, 0.3) is 0 Å². The topological polar surface area (TPSA) is 30.9 Å². The summed E-state index contributed by atoms with van der Waals surface area (Å²) in [6, 6.07) is 0. The Hall–Kier alpha value is -0.300. The second kappa shape index (κ2) is 12.3. The van der Waals surface area contributed by atoms with Crippen LogP contribution in [0.4, 0.5) is 0 Å². The van der Waals surface area contributed by atoms with Gasteiger partial charge in [-0.05, 0) is 26.2 Å². The Kier molecular flexibility index (Phi) is 12.1. The lowest BCUT2D eigenvalue weighted by atomic mass is 10.2. The number of nitrogens with one attached hydrogen (secondary N) is 1. The van der Waals surface area contributed by atoms with Crippen LogP contribution >= 0.6 is 24.0 Å². The summed E-state index contributed by atoms with van der Waals surface area (Å²) in [5, 5.41) is 3.42. The Bertz CT molecular complexity index is 307. The van der Waals surface area contributed by atoms with Crippen LogP contribution in [0.5, 0.6) is 0 Å². The van der Waals surface area contributed by atoms with E-state index in [1.165, 1.54) is 6.54 Å². The predicted molar refractivity (Wildman–Crippen MR) is 104 cm³/mol. The van der Waals surface area contributed by atoms with E-state index in [2.05, 4.69) is 55.0 Å². The smallest absolute Gasteiger partial charge is 0.194 e. The molecule has 1 fully saturated rings. The molecule has 0 aliphatic carbocycles. The number of halogens is 1. The van der Waals surface area contributed by atoms with Crippen LogP contribution < -0.4 is 5.32 Å². The van der Waals surface area contributed by atoms with Gasteiger partial charge in [-0.3, -0.25) is 9.89 Å². The molecule has 0 aromatic carbocycles. The molecule has 0 atom stereocenters. The van der Waals surface area contributed by atoms with Crippen molar-refractivity contribution >= 4 is 29.9 Å². The highest BCUT2D eigenvalue weighted by molar-refractivity contribution is 14.0. The number of nitrogens with zero attached hydrogens (tertiary/aromatic N) is 3. The zero-order valence-corrected chi connectivity index (χ0v) is 16.5. The minimum Gasteiger partial charge on any atom is -0.357 e. The van der Waals surface area contributed by atoms with Crippen molar-refractivity contribution < 1.29 is 0 Å². The maximum Gasteiger partial charge on any atom is 0.194 e. The van der Waals surface area contributed by atoms with E-state index < -0.39 is 0 Å². The minimum atomic E-state index is 0. The lowest BCUT2D eigenvalue weighted by Crippen LogP contribution is -2.53. The predicted octanol–water partition coefficient (Wildman–Crippen LogP) is 2.81. The number of hydrogen-bond donors (Lipinski definition) is 1. The molecule has 0 bridgehead atoms. The summed E-state index contributed by atoms with van der Waals surface area (Å²) in [5.41, 5.74) is 0. The molecule has 21 heavy (non-hydrogen) atoms. The standard InChI is InChI=1S/C16H32N4.HI/c1-5-7-8-9-18-16(17-6-2)20-12-10-19(11-13-20)14-15(3)4;/h5,7,15H,6,8-14H2,1-4H3,(H,17,18);1H/b7-5+;. The van der Waals surface area contributed by atoms with Gasteiger partial charge in [0.2, 0.25) is 0 Å². The van der Waals surface area contributed by atoms with E-state index in [0.29, 0.717) is 0 Å². The molecule has 0 radical (unpaired) electrons. The number of hydrogen-bond acceptors (Lipinski definition) is 2. The fourth-order valence-corrected chi connectivity index (χ4v) is 2.50. The van der Waals surface area contributed by atoms with Crippen LogP contribution in [-0.2, 0) is 0 Å². The lowest BCUT2D eigenvalue weighted by molar-refractivity contribution is 0.164. The van der Waals surface area contributed by atoms with Gasteiger partial charge in [0.05, 0.1) is 0 Å². The van der Waals surface area contributed by atoms with Gasteiger partial charge in [-0.25, -0.2) is 0 Å². The van der Waals surface area contributed by atoms with E-state index >= 15 is 0 Å². The zero-order chi connectivity index (χ0) is 14.8. The largest absolute Gasteiger partial charge is 0.357 e. The van der Waals surface area contributed by atoms with Gasteiger partial charge in [0.25, 0.3) is 0 Å². The number of piperazine rings is 1. The van der Waals surface area contributed by atoms with Crippen LogP contribution in [0.2, 0.25) is 0 Å². The van der Waals surface area contributed by atoms with Crippen LogP contribution in [0, 0.1) is 5.92 Å². The molecule has 1 aliphatic heterocycles. The van der Waals surface area contributed by atoms with Gasteiger partial charge < -0.3 is 10.2 Å². The SMILES string of the molecule is C/C=C/CCN=C(NCC)N1CCN(CC(C)C)CC1.I. The Morgan fingerprint density at radius 3 is 2.43 bits per heavy atom. The van der Waals surface area contributed by atoms with Crippen molar-refractivity contribution in [1.82, 2.24) is 15.1 Å². The van der Waals surface area contributed by atoms with Gasteiger partial charge in [-0.2, -0.15) is 0 Å². The highest BCUT2D eigenvalue weighted by Gasteiger charge is 2.19. The van der Waals surface area contributed by atoms with E-state index in [4.69, 9.17) is 4.99 Å². The molecular formula is C16H33IN4. The van der Waals surface area contributed by atoms with Gasteiger partial charge in [0.1, 0.15) is 0 Å². The third-order valence-electron chi connectivity index (χ3n) is 3.42. The van der Waals surface area contributed by atoms with Gasteiger partial charge in [-0.1, -0.05) is 26.0 Å². The zero-order valence-electron chi connectivity index (χ0n) is 14.1. The quantitative estimate of drug-likeness (QED) is 0.241. The summed E-state index contributed by atoms with van der Waals surface area (Å²) in [7, 11) is 0. The lowest BCUT2D eigenvalue weighted by Gasteiger charge is -2.37. The summed E-state index contributed by atoms with van der Waals surface area (Å²) in [4.78, 5) is 9.68. The van der Waals surface area contributed by atoms with Crippen molar-refractivity contribution in [3.8, 4) is 0 Å². The Morgan fingerprint density at radius 1 is 1.24 bits per heavy atom. The van der Waals surface area contributed by atoms with Crippen LogP contribution in [0.3, 0.4) is 0 Å². The number of aliphatic imine (C=N–C) groups is 1. The molecule has 1 heterocycles. The third-order valence-corrected chi connectivity index (χ3v) is 3.42. The molecule has 0 aromatic rings. The maximum absolute atomic E-state index is 4.72. The first-order valence-electron chi connectivity index (χ1n) is 8.04. The Morgan fingerprint density at radius 2 is 1.90 bits per heavy atom. The third kappa shape index (κ3) is 8.66. The molecular weight excluding hydrogens is 375 g/mol. The average Bonchev–Trinajstić information content (AvgIpc) is 2.43. The minimum absolute atomic E-state index is 0. The van der Waals surface area contributed by atoms with Crippen LogP contribution in [-0.4, -0.2) is 61.6 Å². The molecule has 4 nitrogen and oxygen atoms in total. The molecule has 1 aliphatic rings. The molecule has 0 amide bonds. The van der Waals surface area contributed by atoms with E-state index in [0.717, 1.165) is 57.6 Å². The molecule has 1 N–H and O–H groups in total.